The van der Waals surface area contributed by atoms with Gasteiger partial charge in [-0.1, -0.05) is 43.2 Å². The van der Waals surface area contributed by atoms with Crippen molar-refractivity contribution in [2.75, 3.05) is 44.4 Å². The van der Waals surface area contributed by atoms with Gasteiger partial charge in [-0.3, -0.25) is 53.5 Å². The van der Waals surface area contributed by atoms with Crippen LogP contribution < -0.4 is 26.6 Å². The third kappa shape index (κ3) is 10.1. The molecule has 3 aromatic carbocycles. The Morgan fingerprint density at radius 2 is 1.54 bits per heavy atom. The summed E-state index contributed by atoms with van der Waals surface area (Å²) in [5.41, 5.74) is 5.45. The van der Waals surface area contributed by atoms with Crippen molar-refractivity contribution < 1.29 is 38.4 Å². The molecule has 4 aromatic rings. The first kappa shape index (κ1) is 46.5. The second-order valence-electron chi connectivity index (χ2n) is 18.0. The Morgan fingerprint density at radius 3 is 2.25 bits per heavy atom. The molecule has 8 rings (SSSR count). The number of hydrogen-bond acceptors (Lipinski definition) is 10. The summed E-state index contributed by atoms with van der Waals surface area (Å²) in [6.07, 6.45) is 6.80. The Kier molecular flexibility index (Phi) is 14.1. The summed E-state index contributed by atoms with van der Waals surface area (Å²) in [4.78, 5) is 107. The van der Waals surface area contributed by atoms with E-state index in [9.17, 15) is 38.4 Å². The Labute approximate surface area is 389 Å². The van der Waals surface area contributed by atoms with Crippen molar-refractivity contribution >= 4 is 58.6 Å². The van der Waals surface area contributed by atoms with Crippen LogP contribution in [-0.2, 0) is 44.4 Å². The Hall–Kier alpha value is -6.98. The Morgan fingerprint density at radius 1 is 0.791 bits per heavy atom. The maximum Gasteiger partial charge on any atom is 0.268 e. The lowest BCUT2D eigenvalue weighted by atomic mass is 9.71. The van der Waals surface area contributed by atoms with Crippen LogP contribution in [0.1, 0.15) is 123 Å². The fraction of sp³-hybridized carbons (Fsp3) is 0.400. The highest BCUT2D eigenvalue weighted by Gasteiger charge is 2.49. The molecule has 1 atom stereocenters. The first-order chi connectivity index (χ1) is 32.3. The Bertz CT molecular complexity index is 2580. The second-order valence-corrected chi connectivity index (χ2v) is 18.0. The molecule has 350 valence electrons. The SMILES string of the molecule is CN(C)C(=O)c1ccc(CN2CCn3c(C(=O)NCc4ccc(NC(=O)CCCCCCNCC(=O)Nc5cccc6c5C(=O)N(C5CCC(=O)NC5=O)C6=O)cc4)ccc3C23CCC3)cc1. The van der Waals surface area contributed by atoms with Crippen molar-refractivity contribution in [3.05, 3.63) is 118 Å². The fourth-order valence-electron chi connectivity index (χ4n) is 9.56. The van der Waals surface area contributed by atoms with E-state index in [1.807, 2.05) is 54.6 Å². The molecule has 67 heavy (non-hydrogen) atoms. The van der Waals surface area contributed by atoms with Crippen molar-refractivity contribution in [2.45, 2.75) is 95.4 Å². The molecule has 8 amide bonds. The minimum absolute atomic E-state index is 0.0122. The fourth-order valence-corrected chi connectivity index (χ4v) is 9.56. The number of benzene rings is 3. The molecule has 1 aromatic heterocycles. The number of rotatable bonds is 18. The van der Waals surface area contributed by atoms with Crippen LogP contribution in [-0.4, -0.2) is 106 Å². The molecular weight excluding hydrogens is 855 g/mol. The number of amides is 8. The smallest absolute Gasteiger partial charge is 0.268 e. The van der Waals surface area contributed by atoms with Gasteiger partial charge in [0.1, 0.15) is 11.7 Å². The average Bonchev–Trinajstić information content (AvgIpc) is 3.84. The molecule has 1 saturated carbocycles. The predicted molar refractivity (Wildman–Crippen MR) is 249 cm³/mol. The summed E-state index contributed by atoms with van der Waals surface area (Å²) in [7, 11) is 3.51. The number of aromatic nitrogens is 1. The predicted octanol–water partition coefficient (Wildman–Crippen LogP) is 4.53. The number of imide groups is 2. The monoisotopic (exact) mass is 911 g/mol. The van der Waals surface area contributed by atoms with Gasteiger partial charge in [0.15, 0.2) is 0 Å². The lowest BCUT2D eigenvalue weighted by Gasteiger charge is -2.53. The molecule has 2 fully saturated rings. The van der Waals surface area contributed by atoms with Crippen molar-refractivity contribution in [1.82, 2.24) is 35.2 Å². The van der Waals surface area contributed by atoms with Crippen molar-refractivity contribution in [3.8, 4) is 0 Å². The van der Waals surface area contributed by atoms with Gasteiger partial charge in [0, 0.05) is 70.1 Å². The van der Waals surface area contributed by atoms with Crippen LogP contribution in [0, 0.1) is 0 Å². The van der Waals surface area contributed by atoms with Gasteiger partial charge in [-0.2, -0.15) is 0 Å². The summed E-state index contributed by atoms with van der Waals surface area (Å²) in [5.74, 6) is -3.12. The highest BCUT2D eigenvalue weighted by Crippen LogP contribution is 2.49. The second kappa shape index (κ2) is 20.3. The van der Waals surface area contributed by atoms with Crippen LogP contribution in [0.4, 0.5) is 11.4 Å². The Balaban J connectivity index is 0.710. The number of anilines is 2. The number of piperidine rings is 1. The molecule has 4 aliphatic rings. The quantitative estimate of drug-likeness (QED) is 0.0696. The zero-order valence-corrected chi connectivity index (χ0v) is 38.0. The zero-order chi connectivity index (χ0) is 47.2. The largest absolute Gasteiger partial charge is 0.347 e. The number of fused-ring (bicyclic) bond motifs is 3. The van der Waals surface area contributed by atoms with E-state index in [2.05, 4.69) is 42.1 Å². The first-order valence-corrected chi connectivity index (χ1v) is 23.1. The van der Waals surface area contributed by atoms with Crippen molar-refractivity contribution in [2.24, 2.45) is 0 Å². The number of hydrogen-bond donors (Lipinski definition) is 5. The van der Waals surface area contributed by atoms with Crippen LogP contribution in [0.15, 0.2) is 78.9 Å². The van der Waals surface area contributed by atoms with Crippen LogP contribution in [0.25, 0.3) is 0 Å². The van der Waals surface area contributed by atoms with Crippen LogP contribution >= 0.6 is 0 Å². The van der Waals surface area contributed by atoms with Gasteiger partial charge in [0.2, 0.25) is 23.6 Å². The molecular formula is C50H57N9O8. The number of unbranched alkanes of at least 4 members (excludes halogenated alkanes) is 3. The molecule has 1 aliphatic carbocycles. The summed E-state index contributed by atoms with van der Waals surface area (Å²) in [6.45, 7) is 3.20. The van der Waals surface area contributed by atoms with Gasteiger partial charge in [0.05, 0.1) is 28.9 Å². The van der Waals surface area contributed by atoms with E-state index < -0.39 is 35.6 Å². The molecule has 1 spiro atoms. The molecule has 1 saturated heterocycles. The maximum atomic E-state index is 13.5. The maximum absolute atomic E-state index is 13.5. The normalized spacial score (nSPS) is 17.3. The third-order valence-electron chi connectivity index (χ3n) is 13.3. The van der Waals surface area contributed by atoms with E-state index in [1.165, 1.54) is 17.8 Å². The number of nitrogens with zero attached hydrogens (tertiary/aromatic N) is 4. The molecule has 0 bridgehead atoms. The van der Waals surface area contributed by atoms with Gasteiger partial charge in [-0.25, -0.2) is 0 Å². The van der Waals surface area contributed by atoms with Gasteiger partial charge >= 0.3 is 0 Å². The highest BCUT2D eigenvalue weighted by molar-refractivity contribution is 6.26. The molecule has 17 heteroatoms. The van der Waals surface area contributed by atoms with E-state index in [0.717, 1.165) is 67.6 Å². The molecule has 5 N–H and O–H groups in total. The standard InChI is InChI=1S/C50H57N9O8/c1-56(2)47(65)34-16-12-33(13-17-34)31-57-27-28-58-38(20-22-40(58)50(57)24-8-25-50)45(63)52-29-32-14-18-35(19-15-32)53-41(60)11-5-3-4-6-26-51-30-43(62)54-37-10-7-9-36-44(37)49(67)59(48(36)66)39-21-23-42(61)55-46(39)64/h7,9-10,12-20,22,39,51H,3-6,8,11,21,23-31H2,1-2H3,(H,52,63)(H,53,60)(H,54,62)(H,55,61,64). The van der Waals surface area contributed by atoms with Crippen LogP contribution in [0.2, 0.25) is 0 Å². The first-order valence-electron chi connectivity index (χ1n) is 23.1. The highest BCUT2D eigenvalue weighted by atomic mass is 16.2. The molecule has 0 radical (unpaired) electrons. The molecule has 4 heterocycles. The minimum atomic E-state index is -1.10. The minimum Gasteiger partial charge on any atom is -0.347 e. The number of nitrogens with one attached hydrogen (secondary N) is 5. The summed E-state index contributed by atoms with van der Waals surface area (Å²) >= 11 is 0. The summed E-state index contributed by atoms with van der Waals surface area (Å²) < 4.78 is 2.18. The lowest BCUT2D eigenvalue weighted by Crippen LogP contribution is -2.56. The van der Waals surface area contributed by atoms with Gasteiger partial charge in [-0.05, 0) is 105 Å². The molecule has 3 aliphatic heterocycles. The lowest BCUT2D eigenvalue weighted by molar-refractivity contribution is -0.136. The zero-order valence-electron chi connectivity index (χ0n) is 38.0. The summed E-state index contributed by atoms with van der Waals surface area (Å²) in [5, 5.41) is 14.0. The van der Waals surface area contributed by atoms with E-state index in [4.69, 9.17) is 0 Å². The molecule has 1 unspecified atom stereocenters. The summed E-state index contributed by atoms with van der Waals surface area (Å²) in [6, 6.07) is 22.8. The van der Waals surface area contributed by atoms with Gasteiger partial charge < -0.3 is 30.7 Å². The van der Waals surface area contributed by atoms with Crippen molar-refractivity contribution in [3.63, 3.8) is 0 Å². The number of carbonyl (C=O) groups is 8. The van der Waals surface area contributed by atoms with Crippen molar-refractivity contribution in [1.29, 1.82) is 0 Å². The van der Waals surface area contributed by atoms with E-state index in [0.29, 0.717) is 49.4 Å². The average molecular weight is 912 g/mol. The van der Waals surface area contributed by atoms with Crippen LogP contribution in [0.5, 0.6) is 0 Å². The van der Waals surface area contributed by atoms with E-state index >= 15 is 0 Å². The van der Waals surface area contributed by atoms with Gasteiger partial charge in [0.25, 0.3) is 23.6 Å². The van der Waals surface area contributed by atoms with Crippen LogP contribution in [0.3, 0.4) is 0 Å². The third-order valence-corrected chi connectivity index (χ3v) is 13.3. The number of carbonyl (C=O) groups excluding carboxylic acids is 8. The van der Waals surface area contributed by atoms with E-state index in [1.54, 1.807) is 25.1 Å². The topological polar surface area (TPSA) is 211 Å². The van der Waals surface area contributed by atoms with E-state index in [-0.39, 0.29) is 59.5 Å². The van der Waals surface area contributed by atoms with Gasteiger partial charge in [-0.15, -0.1) is 0 Å². The molecule has 17 nitrogen and oxygen atoms in total.